The number of hydrogen-bond donors (Lipinski definition) is 0. The van der Waals surface area contributed by atoms with Crippen LogP contribution >= 0.6 is 15.9 Å². The second-order valence-electron chi connectivity index (χ2n) is 7.39. The molecule has 4 rings (SSSR count). The summed E-state index contributed by atoms with van der Waals surface area (Å²) in [7, 11) is 1.76. The molecule has 2 heterocycles. The molecule has 7 heteroatoms. The smallest absolute Gasteiger partial charge is 0.289 e. The Morgan fingerprint density at radius 1 is 1.03 bits per heavy atom. The fourth-order valence-corrected chi connectivity index (χ4v) is 3.62. The van der Waals surface area contributed by atoms with E-state index in [1.54, 1.807) is 24.1 Å². The molecule has 0 aliphatic carbocycles. The normalized spacial score (nSPS) is 10.8. The Kier molecular flexibility index (Phi) is 7.07. The lowest BCUT2D eigenvalue weighted by Crippen LogP contribution is -2.27. The number of aromatic nitrogens is 1. The van der Waals surface area contributed by atoms with Gasteiger partial charge < -0.3 is 18.6 Å². The zero-order chi connectivity index (χ0) is 22.3. The number of carbonyl (C=O) groups is 1. The lowest BCUT2D eigenvalue weighted by molar-refractivity contribution is 0.0757. The average Bonchev–Trinajstić information content (AvgIpc) is 3.48. The van der Waals surface area contributed by atoms with Crippen molar-refractivity contribution in [1.82, 2.24) is 10.1 Å². The molecule has 0 aliphatic heterocycles. The van der Waals surface area contributed by atoms with Gasteiger partial charge in [0.1, 0.15) is 29.6 Å². The molecule has 0 fully saturated rings. The molecule has 0 atom stereocenters. The monoisotopic (exact) mass is 494 g/mol. The van der Waals surface area contributed by atoms with Gasteiger partial charge in [-0.15, -0.1) is 0 Å². The molecule has 164 valence electrons. The van der Waals surface area contributed by atoms with Crippen LogP contribution in [0.5, 0.6) is 5.75 Å². The summed E-state index contributed by atoms with van der Waals surface area (Å²) in [6.07, 6.45) is 1.45. The van der Waals surface area contributed by atoms with Gasteiger partial charge in [-0.25, -0.2) is 0 Å². The van der Waals surface area contributed by atoms with Gasteiger partial charge in [-0.2, -0.15) is 0 Å². The second kappa shape index (κ2) is 10.3. The standard InChI is InChI=1S/C25H23BrN2O4/c1-28(14-6-11-21-16-23(27-32-21)18-7-3-2-4-8-18)25(29)24-13-12-22(31-24)17-30-20-10-5-9-19(26)15-20/h2-5,7-10,12-13,15-16H,6,11,14,17H2,1H3. The van der Waals surface area contributed by atoms with E-state index in [2.05, 4.69) is 21.1 Å². The molecule has 0 radical (unpaired) electrons. The van der Waals surface area contributed by atoms with Crippen molar-refractivity contribution in [1.29, 1.82) is 0 Å². The van der Waals surface area contributed by atoms with Crippen molar-refractivity contribution in [2.75, 3.05) is 13.6 Å². The SMILES string of the molecule is CN(CCCc1cc(-c2ccccc2)no1)C(=O)c1ccc(COc2cccc(Br)c2)o1. The summed E-state index contributed by atoms with van der Waals surface area (Å²) in [4.78, 5) is 14.3. The van der Waals surface area contributed by atoms with Crippen LogP contribution in [0.1, 0.15) is 28.5 Å². The number of ether oxygens (including phenoxy) is 1. The van der Waals surface area contributed by atoms with E-state index in [-0.39, 0.29) is 12.5 Å². The molecular weight excluding hydrogens is 472 g/mol. The van der Waals surface area contributed by atoms with Crippen LogP contribution in [0.15, 0.2) is 86.2 Å². The number of rotatable bonds is 9. The van der Waals surface area contributed by atoms with Crippen LogP contribution < -0.4 is 4.74 Å². The summed E-state index contributed by atoms with van der Waals surface area (Å²) in [5, 5.41) is 4.13. The highest BCUT2D eigenvalue weighted by Crippen LogP contribution is 2.21. The fourth-order valence-electron chi connectivity index (χ4n) is 3.24. The van der Waals surface area contributed by atoms with E-state index in [0.29, 0.717) is 24.5 Å². The van der Waals surface area contributed by atoms with Gasteiger partial charge in [-0.05, 0) is 36.8 Å². The number of hydrogen-bond acceptors (Lipinski definition) is 5. The summed E-state index contributed by atoms with van der Waals surface area (Å²) in [5.41, 5.74) is 1.84. The first kappa shape index (κ1) is 21.9. The number of furan rings is 1. The van der Waals surface area contributed by atoms with E-state index in [9.17, 15) is 4.79 Å². The van der Waals surface area contributed by atoms with Crippen molar-refractivity contribution in [2.24, 2.45) is 0 Å². The first-order valence-electron chi connectivity index (χ1n) is 10.3. The summed E-state index contributed by atoms with van der Waals surface area (Å²) < 4.78 is 17.8. The number of nitrogens with zero attached hydrogens (tertiary/aromatic N) is 2. The average molecular weight is 495 g/mol. The molecule has 0 N–H and O–H groups in total. The molecule has 0 bridgehead atoms. The van der Waals surface area contributed by atoms with Crippen LogP contribution in [0.3, 0.4) is 0 Å². The largest absolute Gasteiger partial charge is 0.486 e. The quantitative estimate of drug-likeness (QED) is 0.286. The Hall–Kier alpha value is -3.32. The van der Waals surface area contributed by atoms with E-state index in [0.717, 1.165) is 33.7 Å². The number of amides is 1. The molecule has 0 spiro atoms. The van der Waals surface area contributed by atoms with Gasteiger partial charge in [-0.3, -0.25) is 4.79 Å². The van der Waals surface area contributed by atoms with Gasteiger partial charge in [0.15, 0.2) is 5.76 Å². The van der Waals surface area contributed by atoms with Crippen LogP contribution in [0, 0.1) is 0 Å². The van der Waals surface area contributed by atoms with Crippen molar-refractivity contribution in [2.45, 2.75) is 19.4 Å². The Morgan fingerprint density at radius 3 is 2.69 bits per heavy atom. The van der Waals surface area contributed by atoms with Crippen LogP contribution in [0.25, 0.3) is 11.3 Å². The maximum absolute atomic E-state index is 12.7. The van der Waals surface area contributed by atoms with Crippen LogP contribution in [0.4, 0.5) is 0 Å². The maximum atomic E-state index is 12.7. The van der Waals surface area contributed by atoms with E-state index in [1.807, 2.05) is 60.7 Å². The Morgan fingerprint density at radius 2 is 1.88 bits per heavy atom. The van der Waals surface area contributed by atoms with Gasteiger partial charge >= 0.3 is 0 Å². The first-order valence-corrected chi connectivity index (χ1v) is 11.1. The van der Waals surface area contributed by atoms with E-state index in [4.69, 9.17) is 13.7 Å². The number of benzene rings is 2. The minimum absolute atomic E-state index is 0.166. The highest BCUT2D eigenvalue weighted by Gasteiger charge is 2.16. The molecule has 1 amide bonds. The molecule has 0 aliphatic rings. The van der Waals surface area contributed by atoms with E-state index in [1.165, 1.54) is 0 Å². The summed E-state index contributed by atoms with van der Waals surface area (Å²) in [6.45, 7) is 0.827. The second-order valence-corrected chi connectivity index (χ2v) is 8.30. The number of carbonyl (C=O) groups excluding carboxylic acids is 1. The van der Waals surface area contributed by atoms with Crippen LogP contribution in [-0.4, -0.2) is 29.6 Å². The predicted octanol–water partition coefficient (Wildman–Crippen LogP) is 5.98. The predicted molar refractivity (Wildman–Crippen MR) is 124 cm³/mol. The van der Waals surface area contributed by atoms with Crippen molar-refractivity contribution in [3.8, 4) is 17.0 Å². The van der Waals surface area contributed by atoms with Crippen LogP contribution in [-0.2, 0) is 13.0 Å². The van der Waals surface area contributed by atoms with Crippen molar-refractivity contribution >= 4 is 21.8 Å². The Bertz CT molecular complexity index is 1170. The summed E-state index contributed by atoms with van der Waals surface area (Å²) in [5.74, 6) is 2.25. The number of halogens is 1. The van der Waals surface area contributed by atoms with Gasteiger partial charge in [0.25, 0.3) is 5.91 Å². The highest BCUT2D eigenvalue weighted by molar-refractivity contribution is 9.10. The topological polar surface area (TPSA) is 68.7 Å². The molecule has 6 nitrogen and oxygen atoms in total. The molecule has 2 aromatic heterocycles. The fraction of sp³-hybridized carbons (Fsp3) is 0.200. The third-order valence-electron chi connectivity index (χ3n) is 4.94. The number of aryl methyl sites for hydroxylation is 1. The van der Waals surface area contributed by atoms with Gasteiger partial charge in [-0.1, -0.05) is 57.5 Å². The Labute approximate surface area is 194 Å². The maximum Gasteiger partial charge on any atom is 0.289 e. The minimum Gasteiger partial charge on any atom is -0.486 e. The van der Waals surface area contributed by atoms with Gasteiger partial charge in [0.2, 0.25) is 0 Å². The highest BCUT2D eigenvalue weighted by atomic mass is 79.9. The lowest BCUT2D eigenvalue weighted by atomic mass is 10.1. The van der Waals surface area contributed by atoms with Crippen LogP contribution in [0.2, 0.25) is 0 Å². The van der Waals surface area contributed by atoms with E-state index >= 15 is 0 Å². The third kappa shape index (κ3) is 5.68. The molecule has 0 saturated heterocycles. The summed E-state index contributed by atoms with van der Waals surface area (Å²) in [6, 6.07) is 22.9. The minimum atomic E-state index is -0.166. The van der Waals surface area contributed by atoms with Crippen molar-refractivity contribution < 1.29 is 18.5 Å². The van der Waals surface area contributed by atoms with Gasteiger partial charge in [0, 0.05) is 36.1 Å². The molecular formula is C25H23BrN2O4. The molecule has 32 heavy (non-hydrogen) atoms. The first-order chi connectivity index (χ1) is 15.6. The molecule has 0 unspecified atom stereocenters. The Balaban J connectivity index is 1.25. The van der Waals surface area contributed by atoms with Crippen molar-refractivity contribution in [3.63, 3.8) is 0 Å². The third-order valence-corrected chi connectivity index (χ3v) is 5.43. The zero-order valence-corrected chi connectivity index (χ0v) is 19.2. The van der Waals surface area contributed by atoms with E-state index < -0.39 is 0 Å². The lowest BCUT2D eigenvalue weighted by Gasteiger charge is -2.15. The van der Waals surface area contributed by atoms with Gasteiger partial charge in [0.05, 0.1) is 0 Å². The molecule has 4 aromatic rings. The zero-order valence-electron chi connectivity index (χ0n) is 17.7. The van der Waals surface area contributed by atoms with Crippen molar-refractivity contribution in [3.05, 3.63) is 94.5 Å². The molecule has 0 saturated carbocycles. The molecule has 2 aromatic carbocycles. The summed E-state index contributed by atoms with van der Waals surface area (Å²) >= 11 is 3.41.